The topological polar surface area (TPSA) is 50.5 Å². The van der Waals surface area contributed by atoms with Crippen molar-refractivity contribution in [3.63, 3.8) is 0 Å². The molecule has 4 nitrogen and oxygen atoms in total. The molecule has 0 aliphatic carbocycles. The molecular formula is C7H8FN3O. The summed E-state index contributed by atoms with van der Waals surface area (Å²) in [4.78, 5) is 0.378. The number of nitrogens with one attached hydrogen (secondary N) is 1. The Bertz CT molecular complexity index is 279. The molecule has 1 aromatic rings. The van der Waals surface area contributed by atoms with E-state index in [-0.39, 0.29) is 5.82 Å². The van der Waals surface area contributed by atoms with Crippen LogP contribution in [-0.2, 0) is 0 Å². The molecule has 0 aliphatic rings. The molecule has 12 heavy (non-hydrogen) atoms. The van der Waals surface area contributed by atoms with E-state index in [2.05, 4.69) is 10.6 Å². The maximum atomic E-state index is 12.4. The lowest BCUT2D eigenvalue weighted by Crippen LogP contribution is -1.96. The fourth-order valence-corrected chi connectivity index (χ4v) is 0.653. The zero-order valence-corrected chi connectivity index (χ0v) is 6.49. The maximum absolute atomic E-state index is 12.4. The van der Waals surface area contributed by atoms with Crippen LogP contribution in [0.4, 0.5) is 10.1 Å². The number of rotatable bonds is 2. The van der Waals surface area contributed by atoms with Crippen molar-refractivity contribution in [3.8, 4) is 0 Å². The van der Waals surface area contributed by atoms with Crippen molar-refractivity contribution in [2.45, 2.75) is 0 Å². The smallest absolute Gasteiger partial charge is 0.147 e. The zero-order valence-electron chi connectivity index (χ0n) is 6.49. The Morgan fingerprint density at radius 3 is 2.50 bits per heavy atom. The van der Waals surface area contributed by atoms with Crippen LogP contribution in [-0.4, -0.2) is 11.9 Å². The average molecular weight is 169 g/mol. The van der Waals surface area contributed by atoms with Crippen LogP contribution < -0.4 is 5.43 Å². The molecule has 0 atom stereocenters. The van der Waals surface area contributed by atoms with Gasteiger partial charge in [-0.05, 0) is 24.3 Å². The average Bonchev–Trinajstić information content (AvgIpc) is 2.03. The van der Waals surface area contributed by atoms with E-state index in [1.165, 1.54) is 31.3 Å². The molecule has 0 unspecified atom stereocenters. The SMILES string of the molecule is C/[N+]([O-])=N/Nc1ccc(F)cc1. The third kappa shape index (κ3) is 2.53. The monoisotopic (exact) mass is 169 g/mol. The second-order valence-electron chi connectivity index (χ2n) is 2.18. The molecule has 0 radical (unpaired) electrons. The van der Waals surface area contributed by atoms with Crippen molar-refractivity contribution in [1.82, 2.24) is 0 Å². The van der Waals surface area contributed by atoms with E-state index in [1.807, 2.05) is 0 Å². The van der Waals surface area contributed by atoms with Crippen molar-refractivity contribution < 1.29 is 9.25 Å². The fraction of sp³-hybridized carbons (Fsp3) is 0.143. The van der Waals surface area contributed by atoms with Gasteiger partial charge < -0.3 is 5.21 Å². The summed E-state index contributed by atoms with van der Waals surface area (Å²) < 4.78 is 12.4. The number of halogens is 1. The number of hydroxylamine groups is 1. The van der Waals surface area contributed by atoms with E-state index in [9.17, 15) is 9.60 Å². The zero-order chi connectivity index (χ0) is 8.97. The lowest BCUT2D eigenvalue weighted by atomic mass is 10.3. The Morgan fingerprint density at radius 1 is 1.42 bits per heavy atom. The van der Waals surface area contributed by atoms with Crippen LogP contribution in [0.15, 0.2) is 29.5 Å². The third-order valence-electron chi connectivity index (χ3n) is 1.16. The second kappa shape index (κ2) is 3.66. The van der Waals surface area contributed by atoms with Gasteiger partial charge >= 0.3 is 0 Å². The van der Waals surface area contributed by atoms with E-state index < -0.39 is 0 Å². The predicted octanol–water partition coefficient (Wildman–Crippen LogP) is 1.74. The minimum atomic E-state index is -0.323. The van der Waals surface area contributed by atoms with Crippen molar-refractivity contribution in [3.05, 3.63) is 35.3 Å². The first-order valence-corrected chi connectivity index (χ1v) is 3.31. The Hall–Kier alpha value is -1.65. The highest BCUT2D eigenvalue weighted by Gasteiger charge is 1.94. The second-order valence-corrected chi connectivity index (χ2v) is 2.18. The summed E-state index contributed by atoms with van der Waals surface area (Å²) in [5.41, 5.74) is 3.01. The predicted molar refractivity (Wildman–Crippen MR) is 42.0 cm³/mol. The van der Waals surface area contributed by atoms with Crippen LogP contribution in [0.5, 0.6) is 0 Å². The lowest BCUT2D eigenvalue weighted by molar-refractivity contribution is -0.497. The number of anilines is 1. The maximum Gasteiger partial charge on any atom is 0.147 e. The molecule has 1 aromatic carbocycles. The number of hydrogen-bond acceptors (Lipinski definition) is 2. The highest BCUT2D eigenvalue weighted by molar-refractivity contribution is 5.41. The van der Waals surface area contributed by atoms with Gasteiger partial charge in [0.15, 0.2) is 0 Å². The number of hydrogen-bond donors (Lipinski definition) is 1. The summed E-state index contributed by atoms with van der Waals surface area (Å²) in [6.07, 6.45) is 0. The first-order valence-electron chi connectivity index (χ1n) is 3.31. The van der Waals surface area contributed by atoms with E-state index in [0.29, 0.717) is 10.5 Å². The Labute approximate surface area is 68.9 Å². The molecule has 64 valence electrons. The summed E-state index contributed by atoms with van der Waals surface area (Å²) in [6.45, 7) is 0. The molecule has 0 fully saturated rings. The van der Waals surface area contributed by atoms with Gasteiger partial charge in [0.25, 0.3) is 0 Å². The van der Waals surface area contributed by atoms with Gasteiger partial charge in [-0.2, -0.15) is 4.86 Å². The molecule has 0 amide bonds. The van der Waals surface area contributed by atoms with Crippen LogP contribution in [0.2, 0.25) is 0 Å². The van der Waals surface area contributed by atoms with Gasteiger partial charge in [-0.15, -0.1) is 5.43 Å². The normalized spacial score (nSPS) is 11.3. The minimum Gasteiger partial charge on any atom is -0.696 e. The van der Waals surface area contributed by atoms with Gasteiger partial charge in [-0.25, -0.2) is 4.39 Å². The van der Waals surface area contributed by atoms with Gasteiger partial charge in [0, 0.05) is 0 Å². The number of nitrogens with zero attached hydrogens (tertiary/aromatic N) is 2. The molecule has 0 spiro atoms. The molecule has 0 saturated heterocycles. The van der Waals surface area contributed by atoms with Crippen LogP contribution >= 0.6 is 0 Å². The molecule has 0 aromatic heterocycles. The highest BCUT2D eigenvalue weighted by Crippen LogP contribution is 2.07. The van der Waals surface area contributed by atoms with E-state index in [0.717, 1.165) is 0 Å². The van der Waals surface area contributed by atoms with Gasteiger partial charge in [-0.1, -0.05) is 0 Å². The Morgan fingerprint density at radius 2 is 2.00 bits per heavy atom. The summed E-state index contributed by atoms with van der Waals surface area (Å²) in [5.74, 6) is -0.323. The van der Waals surface area contributed by atoms with Crippen LogP contribution in [0.25, 0.3) is 0 Å². The quantitative estimate of drug-likeness (QED) is 0.416. The Balaban J connectivity index is 2.65. The fourth-order valence-electron chi connectivity index (χ4n) is 0.653. The van der Waals surface area contributed by atoms with Crippen molar-refractivity contribution in [1.29, 1.82) is 0 Å². The molecule has 1 N–H and O–H groups in total. The van der Waals surface area contributed by atoms with Crippen LogP contribution in [0.1, 0.15) is 0 Å². The van der Waals surface area contributed by atoms with Gasteiger partial charge in [0.2, 0.25) is 0 Å². The Kier molecular flexibility index (Phi) is 2.57. The van der Waals surface area contributed by atoms with Gasteiger partial charge in [-0.3, -0.25) is 0 Å². The van der Waals surface area contributed by atoms with Crippen molar-refractivity contribution in [2.75, 3.05) is 12.5 Å². The molecule has 0 aliphatic heterocycles. The van der Waals surface area contributed by atoms with Crippen LogP contribution in [0.3, 0.4) is 0 Å². The van der Waals surface area contributed by atoms with E-state index >= 15 is 0 Å². The summed E-state index contributed by atoms with van der Waals surface area (Å²) in [5, 5.41) is 13.6. The van der Waals surface area contributed by atoms with E-state index in [1.54, 1.807) is 0 Å². The third-order valence-corrected chi connectivity index (χ3v) is 1.16. The van der Waals surface area contributed by atoms with Crippen LogP contribution in [0, 0.1) is 11.0 Å². The van der Waals surface area contributed by atoms with Crippen molar-refractivity contribution >= 4 is 5.69 Å². The van der Waals surface area contributed by atoms with Crippen molar-refractivity contribution in [2.24, 2.45) is 5.22 Å². The minimum absolute atomic E-state index is 0.323. The first kappa shape index (κ1) is 8.45. The molecule has 0 bridgehead atoms. The molecular weight excluding hydrogens is 161 g/mol. The highest BCUT2D eigenvalue weighted by atomic mass is 19.1. The molecule has 0 saturated carbocycles. The molecule has 5 heteroatoms. The largest absolute Gasteiger partial charge is 0.696 e. The molecule has 1 rings (SSSR count). The summed E-state index contributed by atoms with van der Waals surface area (Å²) in [6, 6.07) is 5.54. The summed E-state index contributed by atoms with van der Waals surface area (Å²) in [7, 11) is 1.25. The molecule has 0 heterocycles. The van der Waals surface area contributed by atoms with E-state index in [4.69, 9.17) is 0 Å². The standard InChI is InChI=1S/C7H8FN3O/c1-11(12)10-9-7-4-2-6(8)3-5-7/h2-5,9H,1H3/b11-10-. The lowest BCUT2D eigenvalue weighted by Gasteiger charge is -1.96. The van der Waals surface area contributed by atoms with Gasteiger partial charge in [0.1, 0.15) is 18.6 Å². The number of benzene rings is 1. The summed E-state index contributed by atoms with van der Waals surface area (Å²) >= 11 is 0. The first-order chi connectivity index (χ1) is 5.68. The van der Waals surface area contributed by atoms with Gasteiger partial charge in [0.05, 0.1) is 5.22 Å².